The number of pyridine rings is 1. The Hall–Kier alpha value is -2.76. The first-order valence-electron chi connectivity index (χ1n) is 11.5. The van der Waals surface area contributed by atoms with Crippen molar-refractivity contribution in [3.63, 3.8) is 0 Å². The molecule has 2 aromatic heterocycles. The minimum absolute atomic E-state index is 0.231. The molecule has 0 spiro atoms. The van der Waals surface area contributed by atoms with Crippen LogP contribution in [-0.2, 0) is 24.8 Å². The standard InChI is InChI=1S/C26H32FN3O2/c1-7-10-20-22(21-11-8-9-12-30(21)29-20)25(31)32-24-15(2)16(3)28-23-18(24)13-17(14-19(23)27)26(4,5)6/h13-14H,7-12H2,1-6H3. The lowest BCUT2D eigenvalue weighted by molar-refractivity contribution is 0.0733. The smallest absolute Gasteiger partial charge is 0.347 e. The van der Waals surface area contributed by atoms with Crippen molar-refractivity contribution >= 4 is 16.9 Å². The molecule has 3 heterocycles. The third-order valence-electron chi connectivity index (χ3n) is 6.39. The predicted octanol–water partition coefficient (Wildman–Crippen LogP) is 5.99. The average molecular weight is 438 g/mol. The molecule has 5 nitrogen and oxygen atoms in total. The van der Waals surface area contributed by atoms with E-state index < -0.39 is 11.8 Å². The van der Waals surface area contributed by atoms with Crippen molar-refractivity contribution in [2.75, 3.05) is 0 Å². The molecule has 1 aliphatic heterocycles. The fourth-order valence-electron chi connectivity index (χ4n) is 4.40. The van der Waals surface area contributed by atoms with Crippen LogP contribution >= 0.6 is 0 Å². The zero-order valence-electron chi connectivity index (χ0n) is 19.9. The van der Waals surface area contributed by atoms with Crippen LogP contribution in [0.3, 0.4) is 0 Å². The maximum Gasteiger partial charge on any atom is 0.347 e. The van der Waals surface area contributed by atoms with Crippen LogP contribution in [0, 0.1) is 19.7 Å². The van der Waals surface area contributed by atoms with E-state index in [4.69, 9.17) is 9.84 Å². The summed E-state index contributed by atoms with van der Waals surface area (Å²) >= 11 is 0. The summed E-state index contributed by atoms with van der Waals surface area (Å²) < 4.78 is 23.1. The predicted molar refractivity (Wildman–Crippen MR) is 124 cm³/mol. The van der Waals surface area contributed by atoms with Crippen molar-refractivity contribution in [3.05, 3.63) is 51.7 Å². The fourth-order valence-corrected chi connectivity index (χ4v) is 4.40. The highest BCUT2D eigenvalue weighted by atomic mass is 19.1. The SMILES string of the molecule is CCCc1nn2c(c1C(=O)Oc1c(C)c(C)nc3c(F)cc(C(C)(C)C)cc13)CCCC2. The molecule has 32 heavy (non-hydrogen) atoms. The quantitative estimate of drug-likeness (QED) is 0.470. The number of rotatable bonds is 4. The van der Waals surface area contributed by atoms with Gasteiger partial charge in [-0.25, -0.2) is 14.2 Å². The van der Waals surface area contributed by atoms with Gasteiger partial charge in [-0.2, -0.15) is 5.10 Å². The molecular formula is C26H32FN3O2. The highest BCUT2D eigenvalue weighted by Crippen LogP contribution is 2.36. The van der Waals surface area contributed by atoms with Crippen LogP contribution in [0.15, 0.2) is 12.1 Å². The monoisotopic (exact) mass is 437 g/mol. The molecule has 0 saturated heterocycles. The summed E-state index contributed by atoms with van der Waals surface area (Å²) in [5.74, 6) is -0.420. The second kappa shape index (κ2) is 8.30. The van der Waals surface area contributed by atoms with Crippen molar-refractivity contribution in [2.45, 2.75) is 85.6 Å². The summed E-state index contributed by atoms with van der Waals surface area (Å²) in [6, 6.07) is 3.43. The van der Waals surface area contributed by atoms with E-state index in [0.717, 1.165) is 61.2 Å². The van der Waals surface area contributed by atoms with Crippen LogP contribution in [-0.4, -0.2) is 20.7 Å². The molecule has 0 amide bonds. The van der Waals surface area contributed by atoms with Gasteiger partial charge in [0, 0.05) is 23.2 Å². The molecule has 0 radical (unpaired) electrons. The van der Waals surface area contributed by atoms with Gasteiger partial charge in [0.15, 0.2) is 0 Å². The van der Waals surface area contributed by atoms with Crippen LogP contribution in [0.1, 0.15) is 85.5 Å². The molecule has 3 aromatic rings. The second-order valence-corrected chi connectivity index (χ2v) is 9.84. The van der Waals surface area contributed by atoms with Gasteiger partial charge >= 0.3 is 5.97 Å². The van der Waals surface area contributed by atoms with Crippen LogP contribution in [0.25, 0.3) is 10.9 Å². The topological polar surface area (TPSA) is 57.0 Å². The molecule has 1 aliphatic rings. The van der Waals surface area contributed by atoms with Crippen LogP contribution in [0.4, 0.5) is 4.39 Å². The van der Waals surface area contributed by atoms with Gasteiger partial charge in [0.25, 0.3) is 0 Å². The molecule has 170 valence electrons. The van der Waals surface area contributed by atoms with E-state index in [0.29, 0.717) is 22.4 Å². The number of hydrogen-bond acceptors (Lipinski definition) is 4. The number of carbonyl (C=O) groups is 1. The Morgan fingerprint density at radius 3 is 2.66 bits per heavy atom. The maximum atomic E-state index is 15.1. The number of nitrogens with zero attached hydrogens (tertiary/aromatic N) is 3. The second-order valence-electron chi connectivity index (χ2n) is 9.84. The summed E-state index contributed by atoms with van der Waals surface area (Å²) in [4.78, 5) is 18.0. The number of ether oxygens (including phenoxy) is 1. The Labute approximate surface area is 189 Å². The van der Waals surface area contributed by atoms with E-state index in [1.165, 1.54) is 6.07 Å². The molecule has 0 fully saturated rings. The highest BCUT2D eigenvalue weighted by molar-refractivity contribution is 5.97. The van der Waals surface area contributed by atoms with Gasteiger partial charge < -0.3 is 4.74 Å². The zero-order chi connectivity index (χ0) is 23.2. The summed E-state index contributed by atoms with van der Waals surface area (Å²) in [5.41, 5.74) is 4.54. The Bertz CT molecular complexity index is 1200. The summed E-state index contributed by atoms with van der Waals surface area (Å²) in [6.07, 6.45) is 4.54. The molecule has 0 aliphatic carbocycles. The number of aromatic nitrogens is 3. The zero-order valence-corrected chi connectivity index (χ0v) is 19.9. The number of carbonyl (C=O) groups excluding carboxylic acids is 1. The van der Waals surface area contributed by atoms with Gasteiger partial charge in [-0.3, -0.25) is 4.68 Å². The average Bonchev–Trinajstić information content (AvgIpc) is 3.09. The van der Waals surface area contributed by atoms with Gasteiger partial charge in [-0.15, -0.1) is 0 Å². The Kier molecular flexibility index (Phi) is 5.82. The molecule has 0 saturated carbocycles. The van der Waals surface area contributed by atoms with E-state index in [9.17, 15) is 4.79 Å². The first-order chi connectivity index (χ1) is 15.1. The summed E-state index contributed by atoms with van der Waals surface area (Å²) in [6.45, 7) is 12.7. The number of benzene rings is 1. The number of aryl methyl sites for hydroxylation is 3. The molecule has 0 atom stereocenters. The van der Waals surface area contributed by atoms with E-state index in [2.05, 4.69) is 11.9 Å². The van der Waals surface area contributed by atoms with E-state index >= 15 is 4.39 Å². The molecule has 4 rings (SSSR count). The maximum absolute atomic E-state index is 15.1. The fraction of sp³-hybridized carbons (Fsp3) is 0.500. The number of fused-ring (bicyclic) bond motifs is 2. The van der Waals surface area contributed by atoms with Crippen LogP contribution in [0.2, 0.25) is 0 Å². The Morgan fingerprint density at radius 2 is 1.97 bits per heavy atom. The van der Waals surface area contributed by atoms with Gasteiger partial charge in [0.05, 0.1) is 11.4 Å². The normalized spacial score (nSPS) is 14.0. The van der Waals surface area contributed by atoms with Gasteiger partial charge in [0.2, 0.25) is 0 Å². The summed E-state index contributed by atoms with van der Waals surface area (Å²) in [7, 11) is 0. The van der Waals surface area contributed by atoms with Crippen molar-refractivity contribution in [1.29, 1.82) is 0 Å². The minimum Gasteiger partial charge on any atom is -0.422 e. The van der Waals surface area contributed by atoms with Crippen molar-refractivity contribution in [3.8, 4) is 5.75 Å². The van der Waals surface area contributed by atoms with Gasteiger partial charge in [0.1, 0.15) is 22.6 Å². The lowest BCUT2D eigenvalue weighted by Crippen LogP contribution is -2.17. The number of hydrogen-bond donors (Lipinski definition) is 0. The molecule has 0 bridgehead atoms. The first-order valence-corrected chi connectivity index (χ1v) is 11.5. The third-order valence-corrected chi connectivity index (χ3v) is 6.39. The number of esters is 1. The lowest BCUT2D eigenvalue weighted by Gasteiger charge is -2.21. The first kappa shape index (κ1) is 22.4. The Balaban J connectivity index is 1.86. The van der Waals surface area contributed by atoms with E-state index in [1.807, 2.05) is 45.4 Å². The van der Waals surface area contributed by atoms with Crippen molar-refractivity contribution in [2.24, 2.45) is 0 Å². The molecule has 0 unspecified atom stereocenters. The van der Waals surface area contributed by atoms with Gasteiger partial charge in [-0.1, -0.05) is 34.1 Å². The lowest BCUT2D eigenvalue weighted by atomic mass is 9.86. The number of halogens is 1. The van der Waals surface area contributed by atoms with Crippen LogP contribution < -0.4 is 4.74 Å². The summed E-state index contributed by atoms with van der Waals surface area (Å²) in [5, 5.41) is 5.24. The van der Waals surface area contributed by atoms with Crippen molar-refractivity contribution < 1.29 is 13.9 Å². The van der Waals surface area contributed by atoms with Gasteiger partial charge in [-0.05, 0) is 62.6 Å². The molecular weight excluding hydrogens is 405 g/mol. The molecule has 0 N–H and O–H groups in total. The van der Waals surface area contributed by atoms with Crippen LogP contribution in [0.5, 0.6) is 5.75 Å². The molecule has 6 heteroatoms. The van der Waals surface area contributed by atoms with E-state index in [1.54, 1.807) is 0 Å². The third kappa shape index (κ3) is 3.91. The van der Waals surface area contributed by atoms with E-state index in [-0.39, 0.29) is 10.9 Å². The Morgan fingerprint density at radius 1 is 1.22 bits per heavy atom. The molecule has 1 aromatic carbocycles. The van der Waals surface area contributed by atoms with Crippen molar-refractivity contribution in [1.82, 2.24) is 14.8 Å². The minimum atomic E-state index is -0.409. The largest absolute Gasteiger partial charge is 0.422 e. The highest BCUT2D eigenvalue weighted by Gasteiger charge is 2.28.